The molecule has 1 aliphatic carbocycles. The van der Waals surface area contributed by atoms with Crippen molar-refractivity contribution in [2.45, 2.75) is 38.1 Å². The molecule has 4 aromatic rings. The van der Waals surface area contributed by atoms with Crippen molar-refractivity contribution in [3.63, 3.8) is 0 Å². The third-order valence-corrected chi connectivity index (χ3v) is 6.46. The van der Waals surface area contributed by atoms with E-state index in [2.05, 4.69) is 25.3 Å². The number of Topliss-reactive ketones (excluding diaryl/α,β-unsaturated/α-hetero) is 1. The van der Waals surface area contributed by atoms with Crippen molar-refractivity contribution in [3.05, 3.63) is 71.4 Å². The zero-order chi connectivity index (χ0) is 22.8. The highest BCUT2D eigenvalue weighted by atomic mass is 35.5. The van der Waals surface area contributed by atoms with Gasteiger partial charge in [0.15, 0.2) is 23.2 Å². The molecule has 2 unspecified atom stereocenters. The van der Waals surface area contributed by atoms with E-state index < -0.39 is 5.82 Å². The van der Waals surface area contributed by atoms with Gasteiger partial charge in [0, 0.05) is 41.4 Å². The Bertz CT molecular complexity index is 1290. The predicted molar refractivity (Wildman–Crippen MR) is 127 cm³/mol. The summed E-state index contributed by atoms with van der Waals surface area (Å²) in [6.45, 7) is 0. The molecule has 1 aromatic carbocycles. The molecular formula is C25H23ClFN5O. The fourth-order valence-corrected chi connectivity index (χ4v) is 4.72. The molecule has 0 saturated heterocycles. The number of aromatic amines is 1. The second kappa shape index (κ2) is 9.27. The Hall–Kier alpha value is -3.32. The van der Waals surface area contributed by atoms with Gasteiger partial charge in [-0.15, -0.1) is 0 Å². The van der Waals surface area contributed by atoms with Crippen molar-refractivity contribution in [2.24, 2.45) is 5.92 Å². The van der Waals surface area contributed by atoms with Crippen molar-refractivity contribution in [3.8, 4) is 11.4 Å². The van der Waals surface area contributed by atoms with E-state index >= 15 is 0 Å². The number of halogens is 2. The highest BCUT2D eigenvalue weighted by molar-refractivity contribution is 6.31. The van der Waals surface area contributed by atoms with Crippen LogP contribution in [-0.2, 0) is 0 Å². The standard InChI is InChI=1S/C25H23ClFN5O/c26-17-11-18-19(13-29-23(18)28-12-17)24-30-14-20(27)25(32-24)31-21-9-5-4-8-16(21)10-22(33)15-6-2-1-3-7-15/h1-3,6-7,11-14,16,21H,4-5,8-10H2,(H,28,29)(H,30,31,32). The van der Waals surface area contributed by atoms with E-state index in [9.17, 15) is 9.18 Å². The lowest BCUT2D eigenvalue weighted by Crippen LogP contribution is -2.34. The smallest absolute Gasteiger partial charge is 0.183 e. The molecule has 2 atom stereocenters. The van der Waals surface area contributed by atoms with Crippen molar-refractivity contribution >= 4 is 34.2 Å². The van der Waals surface area contributed by atoms with Crippen LogP contribution in [0.4, 0.5) is 10.2 Å². The minimum Gasteiger partial charge on any atom is -0.364 e. The Morgan fingerprint density at radius 2 is 1.97 bits per heavy atom. The molecule has 1 aliphatic rings. The van der Waals surface area contributed by atoms with Crippen LogP contribution in [0.3, 0.4) is 0 Å². The van der Waals surface area contributed by atoms with Gasteiger partial charge in [-0.1, -0.05) is 54.8 Å². The predicted octanol–water partition coefficient (Wildman–Crippen LogP) is 6.06. The van der Waals surface area contributed by atoms with Gasteiger partial charge in [-0.3, -0.25) is 4.79 Å². The van der Waals surface area contributed by atoms with Crippen molar-refractivity contribution in [1.29, 1.82) is 0 Å². The Balaban J connectivity index is 1.39. The van der Waals surface area contributed by atoms with Crippen LogP contribution in [0.5, 0.6) is 0 Å². The monoisotopic (exact) mass is 463 g/mol. The summed E-state index contributed by atoms with van der Waals surface area (Å²) < 4.78 is 14.7. The van der Waals surface area contributed by atoms with Gasteiger partial charge in [0.25, 0.3) is 0 Å². The molecule has 168 valence electrons. The van der Waals surface area contributed by atoms with Crippen LogP contribution in [-0.4, -0.2) is 31.8 Å². The number of ketones is 1. The summed E-state index contributed by atoms with van der Waals surface area (Å²) in [5, 5.41) is 4.55. The lowest BCUT2D eigenvalue weighted by atomic mass is 9.80. The number of aromatic nitrogens is 4. The summed E-state index contributed by atoms with van der Waals surface area (Å²) in [5.74, 6) is 0.227. The first-order chi connectivity index (χ1) is 16.1. The van der Waals surface area contributed by atoms with E-state index in [1.54, 1.807) is 18.5 Å². The number of anilines is 1. The second-order valence-electron chi connectivity index (χ2n) is 8.43. The number of fused-ring (bicyclic) bond motifs is 1. The summed E-state index contributed by atoms with van der Waals surface area (Å²) in [6, 6.07) is 11.1. The average molecular weight is 464 g/mol. The molecule has 3 aromatic heterocycles. The summed E-state index contributed by atoms with van der Waals surface area (Å²) in [4.78, 5) is 28.8. The zero-order valence-corrected chi connectivity index (χ0v) is 18.6. The third kappa shape index (κ3) is 4.59. The van der Waals surface area contributed by atoms with Crippen molar-refractivity contribution in [2.75, 3.05) is 5.32 Å². The maximum atomic E-state index is 14.7. The Labute approximate surface area is 195 Å². The maximum absolute atomic E-state index is 14.7. The Morgan fingerprint density at radius 3 is 2.82 bits per heavy atom. The van der Waals surface area contributed by atoms with Gasteiger partial charge < -0.3 is 10.3 Å². The van der Waals surface area contributed by atoms with Crippen LogP contribution in [0.1, 0.15) is 42.5 Å². The molecule has 8 heteroatoms. The van der Waals surface area contributed by atoms with Crippen molar-refractivity contribution < 1.29 is 9.18 Å². The number of carbonyl (C=O) groups excluding carboxylic acids is 1. The molecule has 3 heterocycles. The molecule has 0 bridgehead atoms. The number of hydrogen-bond acceptors (Lipinski definition) is 5. The third-order valence-electron chi connectivity index (χ3n) is 6.26. The van der Waals surface area contributed by atoms with Gasteiger partial charge in [-0.25, -0.2) is 19.3 Å². The number of pyridine rings is 1. The molecule has 6 nitrogen and oxygen atoms in total. The van der Waals surface area contributed by atoms with E-state index in [1.807, 2.05) is 30.3 Å². The van der Waals surface area contributed by atoms with Crippen LogP contribution >= 0.6 is 11.6 Å². The first kappa shape index (κ1) is 21.5. The fourth-order valence-electron chi connectivity index (χ4n) is 4.56. The van der Waals surface area contributed by atoms with Crippen LogP contribution in [0.25, 0.3) is 22.4 Å². The first-order valence-corrected chi connectivity index (χ1v) is 11.5. The van der Waals surface area contributed by atoms with E-state index in [0.717, 1.165) is 31.1 Å². The average Bonchev–Trinajstić information content (AvgIpc) is 3.25. The lowest BCUT2D eigenvalue weighted by molar-refractivity contribution is 0.0945. The molecule has 0 aliphatic heterocycles. The molecule has 0 amide bonds. The quantitative estimate of drug-likeness (QED) is 0.340. The zero-order valence-electron chi connectivity index (χ0n) is 17.9. The topological polar surface area (TPSA) is 83.6 Å². The number of nitrogens with zero attached hydrogens (tertiary/aromatic N) is 3. The molecule has 2 N–H and O–H groups in total. The molecule has 5 rings (SSSR count). The van der Waals surface area contributed by atoms with Crippen molar-refractivity contribution in [1.82, 2.24) is 19.9 Å². The summed E-state index contributed by atoms with van der Waals surface area (Å²) in [7, 11) is 0. The van der Waals surface area contributed by atoms with Gasteiger partial charge >= 0.3 is 0 Å². The fraction of sp³-hybridized carbons (Fsp3) is 0.280. The number of H-pyrrole nitrogens is 1. The minimum atomic E-state index is -0.520. The minimum absolute atomic E-state index is 0.0391. The largest absolute Gasteiger partial charge is 0.364 e. The van der Waals surface area contributed by atoms with Gasteiger partial charge in [-0.05, 0) is 24.8 Å². The molecule has 1 saturated carbocycles. The number of carbonyl (C=O) groups is 1. The Morgan fingerprint density at radius 1 is 1.15 bits per heavy atom. The second-order valence-corrected chi connectivity index (χ2v) is 8.87. The number of benzene rings is 1. The van der Waals surface area contributed by atoms with E-state index in [0.29, 0.717) is 34.0 Å². The van der Waals surface area contributed by atoms with Gasteiger partial charge in [-0.2, -0.15) is 0 Å². The van der Waals surface area contributed by atoms with E-state index in [1.165, 1.54) is 6.20 Å². The SMILES string of the molecule is O=C(CC1CCCCC1Nc1nc(-c2c[nH]c3ncc(Cl)cc23)ncc1F)c1ccccc1. The highest BCUT2D eigenvalue weighted by Crippen LogP contribution is 2.32. The summed E-state index contributed by atoms with van der Waals surface area (Å²) in [6.07, 6.45) is 8.77. The maximum Gasteiger partial charge on any atom is 0.183 e. The molecular weight excluding hydrogens is 441 g/mol. The van der Waals surface area contributed by atoms with Crippen LogP contribution < -0.4 is 5.32 Å². The van der Waals surface area contributed by atoms with Gasteiger partial charge in [0.1, 0.15) is 5.65 Å². The van der Waals surface area contributed by atoms with E-state index in [-0.39, 0.29) is 23.6 Å². The lowest BCUT2D eigenvalue weighted by Gasteiger charge is -2.32. The van der Waals surface area contributed by atoms with Gasteiger partial charge in [0.05, 0.1) is 11.2 Å². The van der Waals surface area contributed by atoms with Gasteiger partial charge in [0.2, 0.25) is 0 Å². The normalized spacial score (nSPS) is 18.4. The number of nitrogens with one attached hydrogen (secondary N) is 2. The highest BCUT2D eigenvalue weighted by Gasteiger charge is 2.28. The van der Waals surface area contributed by atoms with Crippen LogP contribution in [0.15, 0.2) is 55.0 Å². The molecule has 0 radical (unpaired) electrons. The number of hydrogen-bond donors (Lipinski definition) is 2. The molecule has 0 spiro atoms. The Kier molecular flexibility index (Phi) is 6.05. The molecule has 33 heavy (non-hydrogen) atoms. The van der Waals surface area contributed by atoms with Crippen LogP contribution in [0.2, 0.25) is 5.02 Å². The first-order valence-electron chi connectivity index (χ1n) is 11.1. The molecule has 1 fully saturated rings. The van der Waals surface area contributed by atoms with E-state index in [4.69, 9.17) is 11.6 Å². The number of rotatable bonds is 6. The summed E-state index contributed by atoms with van der Waals surface area (Å²) in [5.41, 5.74) is 2.06. The van der Waals surface area contributed by atoms with Crippen LogP contribution in [0, 0.1) is 11.7 Å². The summed E-state index contributed by atoms with van der Waals surface area (Å²) >= 11 is 6.11.